The van der Waals surface area contributed by atoms with E-state index in [1.165, 1.54) is 0 Å². The molecule has 1 saturated heterocycles. The van der Waals surface area contributed by atoms with E-state index >= 15 is 0 Å². The Hall–Kier alpha value is -2.27. The minimum atomic E-state index is -0.191. The zero-order valence-corrected chi connectivity index (χ0v) is 12.4. The van der Waals surface area contributed by atoms with Gasteiger partial charge in [0.25, 0.3) is 0 Å². The summed E-state index contributed by atoms with van der Waals surface area (Å²) >= 11 is 0. The number of rotatable bonds is 4. The Labute approximate surface area is 130 Å². The number of nitrogens with one attached hydrogen (secondary N) is 1. The smallest absolute Gasteiger partial charge is 0.151 e. The van der Waals surface area contributed by atoms with Crippen LogP contribution in [0.2, 0.25) is 0 Å². The van der Waals surface area contributed by atoms with Crippen LogP contribution < -0.4 is 10.2 Å². The molecule has 3 rings (SSSR count). The van der Waals surface area contributed by atoms with Crippen molar-refractivity contribution in [3.05, 3.63) is 48.2 Å². The number of benzene rings is 1. The SMILES string of the molecule is Oc1cccc(CNc2cccnc2N2CCC(O)CC2)c1. The summed E-state index contributed by atoms with van der Waals surface area (Å²) in [7, 11) is 0. The lowest BCUT2D eigenvalue weighted by molar-refractivity contribution is 0.145. The number of hydrogen-bond donors (Lipinski definition) is 3. The highest BCUT2D eigenvalue weighted by atomic mass is 16.3. The molecule has 0 saturated carbocycles. The summed E-state index contributed by atoms with van der Waals surface area (Å²) in [4.78, 5) is 6.70. The minimum Gasteiger partial charge on any atom is -0.508 e. The number of piperidine rings is 1. The second-order valence-electron chi connectivity index (χ2n) is 5.62. The molecule has 1 aromatic carbocycles. The topological polar surface area (TPSA) is 68.6 Å². The van der Waals surface area contributed by atoms with E-state index in [1.54, 1.807) is 18.3 Å². The van der Waals surface area contributed by atoms with E-state index in [0.29, 0.717) is 6.54 Å². The molecule has 1 fully saturated rings. The lowest BCUT2D eigenvalue weighted by atomic mass is 10.1. The van der Waals surface area contributed by atoms with Gasteiger partial charge in [0.15, 0.2) is 5.82 Å². The van der Waals surface area contributed by atoms with Gasteiger partial charge in [0.1, 0.15) is 5.75 Å². The van der Waals surface area contributed by atoms with Crippen molar-refractivity contribution in [3.63, 3.8) is 0 Å². The molecule has 5 nitrogen and oxygen atoms in total. The van der Waals surface area contributed by atoms with Crippen molar-refractivity contribution in [2.24, 2.45) is 0 Å². The first-order valence-electron chi connectivity index (χ1n) is 7.62. The molecule has 1 aliphatic rings. The van der Waals surface area contributed by atoms with Gasteiger partial charge in [0, 0.05) is 25.8 Å². The van der Waals surface area contributed by atoms with Gasteiger partial charge < -0.3 is 20.4 Å². The number of phenols is 1. The standard InChI is InChI=1S/C17H21N3O2/c21-14-6-9-20(10-7-14)17-16(5-2-8-18-17)19-12-13-3-1-4-15(22)11-13/h1-5,8,11,14,19,21-22H,6-7,9-10,12H2. The summed E-state index contributed by atoms with van der Waals surface area (Å²) in [6, 6.07) is 11.1. The van der Waals surface area contributed by atoms with Crippen molar-refractivity contribution in [2.45, 2.75) is 25.5 Å². The molecule has 1 aliphatic heterocycles. The maximum absolute atomic E-state index is 9.63. The molecular weight excluding hydrogens is 278 g/mol. The van der Waals surface area contributed by atoms with Gasteiger partial charge in [0.05, 0.1) is 11.8 Å². The second-order valence-corrected chi connectivity index (χ2v) is 5.62. The molecule has 116 valence electrons. The molecule has 2 aromatic rings. The van der Waals surface area contributed by atoms with E-state index in [0.717, 1.165) is 43.0 Å². The van der Waals surface area contributed by atoms with E-state index in [1.807, 2.05) is 24.3 Å². The summed E-state index contributed by atoms with van der Waals surface area (Å²) in [6.07, 6.45) is 3.16. The van der Waals surface area contributed by atoms with Crippen LogP contribution in [0.15, 0.2) is 42.6 Å². The van der Waals surface area contributed by atoms with Crippen molar-refractivity contribution in [1.29, 1.82) is 0 Å². The summed E-state index contributed by atoms with van der Waals surface area (Å²) in [6.45, 7) is 2.27. The first-order chi connectivity index (χ1) is 10.7. The third-order valence-electron chi connectivity index (χ3n) is 3.94. The van der Waals surface area contributed by atoms with Gasteiger partial charge >= 0.3 is 0 Å². The predicted molar refractivity (Wildman–Crippen MR) is 87.1 cm³/mol. The van der Waals surface area contributed by atoms with Crippen molar-refractivity contribution >= 4 is 11.5 Å². The van der Waals surface area contributed by atoms with Gasteiger partial charge in [-0.3, -0.25) is 0 Å². The van der Waals surface area contributed by atoms with E-state index in [4.69, 9.17) is 0 Å². The number of aliphatic hydroxyl groups excluding tert-OH is 1. The van der Waals surface area contributed by atoms with Crippen LogP contribution in [0.25, 0.3) is 0 Å². The molecule has 0 unspecified atom stereocenters. The third-order valence-corrected chi connectivity index (χ3v) is 3.94. The quantitative estimate of drug-likeness (QED) is 0.808. The average Bonchev–Trinajstić information content (AvgIpc) is 2.54. The largest absolute Gasteiger partial charge is 0.508 e. The van der Waals surface area contributed by atoms with Crippen LogP contribution in [0.3, 0.4) is 0 Å². The van der Waals surface area contributed by atoms with Crippen molar-refractivity contribution < 1.29 is 10.2 Å². The van der Waals surface area contributed by atoms with Gasteiger partial charge in [-0.1, -0.05) is 12.1 Å². The number of anilines is 2. The number of hydrogen-bond acceptors (Lipinski definition) is 5. The van der Waals surface area contributed by atoms with Crippen LogP contribution in [-0.4, -0.2) is 34.4 Å². The summed E-state index contributed by atoms with van der Waals surface area (Å²) < 4.78 is 0. The molecule has 0 atom stereocenters. The zero-order chi connectivity index (χ0) is 15.4. The van der Waals surface area contributed by atoms with E-state index in [2.05, 4.69) is 15.2 Å². The number of aromatic hydroxyl groups is 1. The summed E-state index contributed by atoms with van der Waals surface area (Å²) in [5, 5.41) is 22.5. The van der Waals surface area contributed by atoms with Crippen LogP contribution in [-0.2, 0) is 6.54 Å². The van der Waals surface area contributed by atoms with Crippen molar-refractivity contribution in [3.8, 4) is 5.75 Å². The molecule has 0 aliphatic carbocycles. The maximum Gasteiger partial charge on any atom is 0.151 e. The first-order valence-corrected chi connectivity index (χ1v) is 7.62. The minimum absolute atomic E-state index is 0.191. The lowest BCUT2D eigenvalue weighted by Crippen LogP contribution is -2.36. The Morgan fingerprint density at radius 1 is 1.18 bits per heavy atom. The summed E-state index contributed by atoms with van der Waals surface area (Å²) in [5.41, 5.74) is 1.99. The highest BCUT2D eigenvalue weighted by Gasteiger charge is 2.20. The van der Waals surface area contributed by atoms with Gasteiger partial charge in [-0.2, -0.15) is 0 Å². The van der Waals surface area contributed by atoms with Gasteiger partial charge in [-0.25, -0.2) is 4.98 Å². The van der Waals surface area contributed by atoms with Gasteiger partial charge in [-0.05, 0) is 42.7 Å². The summed E-state index contributed by atoms with van der Waals surface area (Å²) in [5.74, 6) is 1.20. The fourth-order valence-corrected chi connectivity index (χ4v) is 2.73. The Morgan fingerprint density at radius 2 is 2.00 bits per heavy atom. The molecule has 3 N–H and O–H groups in total. The van der Waals surface area contributed by atoms with Crippen LogP contribution in [0.4, 0.5) is 11.5 Å². The van der Waals surface area contributed by atoms with Crippen molar-refractivity contribution in [2.75, 3.05) is 23.3 Å². The van der Waals surface area contributed by atoms with Crippen molar-refractivity contribution in [1.82, 2.24) is 4.98 Å². The molecule has 22 heavy (non-hydrogen) atoms. The van der Waals surface area contributed by atoms with Crippen LogP contribution >= 0.6 is 0 Å². The van der Waals surface area contributed by atoms with E-state index < -0.39 is 0 Å². The Morgan fingerprint density at radius 3 is 2.77 bits per heavy atom. The molecule has 0 amide bonds. The third kappa shape index (κ3) is 3.49. The lowest BCUT2D eigenvalue weighted by Gasteiger charge is -2.31. The molecular formula is C17H21N3O2. The molecule has 0 spiro atoms. The van der Waals surface area contributed by atoms with E-state index in [-0.39, 0.29) is 11.9 Å². The molecule has 0 bridgehead atoms. The number of aromatic nitrogens is 1. The fraction of sp³-hybridized carbons (Fsp3) is 0.353. The fourth-order valence-electron chi connectivity index (χ4n) is 2.73. The maximum atomic E-state index is 9.63. The normalized spacial score (nSPS) is 15.8. The Kier molecular flexibility index (Phi) is 4.44. The number of phenolic OH excluding ortho intramolecular Hbond substituents is 1. The highest BCUT2D eigenvalue weighted by Crippen LogP contribution is 2.26. The van der Waals surface area contributed by atoms with Crippen LogP contribution in [0.1, 0.15) is 18.4 Å². The Balaban J connectivity index is 1.71. The molecule has 0 radical (unpaired) electrons. The first kappa shape index (κ1) is 14.7. The molecule has 5 heteroatoms. The predicted octanol–water partition coefficient (Wildman–Crippen LogP) is 2.36. The number of aliphatic hydroxyl groups is 1. The van der Waals surface area contributed by atoms with Gasteiger partial charge in [-0.15, -0.1) is 0 Å². The highest BCUT2D eigenvalue weighted by molar-refractivity contribution is 5.65. The Bertz CT molecular complexity index is 625. The van der Waals surface area contributed by atoms with Gasteiger partial charge in [0.2, 0.25) is 0 Å². The average molecular weight is 299 g/mol. The zero-order valence-electron chi connectivity index (χ0n) is 12.4. The molecule has 2 heterocycles. The van der Waals surface area contributed by atoms with E-state index in [9.17, 15) is 10.2 Å². The second kappa shape index (κ2) is 6.66. The monoisotopic (exact) mass is 299 g/mol. The van der Waals surface area contributed by atoms with Crippen LogP contribution in [0, 0.1) is 0 Å². The number of pyridine rings is 1. The molecule has 1 aromatic heterocycles. The van der Waals surface area contributed by atoms with Crippen LogP contribution in [0.5, 0.6) is 5.75 Å². The number of nitrogens with zero attached hydrogens (tertiary/aromatic N) is 2.